The molecule has 1 aliphatic rings. The lowest BCUT2D eigenvalue weighted by molar-refractivity contribution is -0.117. The zero-order valence-electron chi connectivity index (χ0n) is 7.87. The van der Waals surface area contributed by atoms with Crippen LogP contribution in [0.1, 0.15) is 21.5 Å². The minimum Gasteiger partial charge on any atom is -0.465 e. The van der Waals surface area contributed by atoms with Gasteiger partial charge in [0.15, 0.2) is 0 Å². The fraction of sp³-hybridized carbons (Fsp3) is 0.273. The summed E-state index contributed by atoms with van der Waals surface area (Å²) in [5, 5.41) is 0. The summed E-state index contributed by atoms with van der Waals surface area (Å²) in [5.41, 5.74) is 2.50. The molecule has 0 spiro atoms. The number of hydrogen-bond donors (Lipinski definition) is 0. The molecule has 1 aromatic rings. The summed E-state index contributed by atoms with van der Waals surface area (Å²) in [6.07, 6.45) is 0.941. The first-order valence-electron chi connectivity index (χ1n) is 4.42. The van der Waals surface area contributed by atoms with Crippen LogP contribution < -0.4 is 0 Å². The number of Topliss-reactive ketones (excluding diaryl/α,β-unsaturated/α-hetero) is 1. The molecule has 0 amide bonds. The number of ether oxygens (including phenoxy) is 1. The maximum atomic E-state index is 11.2. The molecule has 0 saturated carbocycles. The van der Waals surface area contributed by atoms with Crippen LogP contribution in [0.15, 0.2) is 18.2 Å². The number of rotatable bonds is 1. The molecule has 0 bridgehead atoms. The van der Waals surface area contributed by atoms with E-state index in [9.17, 15) is 9.59 Å². The smallest absolute Gasteiger partial charge is 0.337 e. The van der Waals surface area contributed by atoms with Crippen molar-refractivity contribution in [3.8, 4) is 0 Å². The number of carbonyl (C=O) groups is 2. The molecule has 72 valence electrons. The molecule has 0 atom stereocenters. The van der Waals surface area contributed by atoms with Crippen LogP contribution in [0.4, 0.5) is 0 Å². The summed E-state index contributed by atoms with van der Waals surface area (Å²) in [7, 11) is 1.35. The van der Waals surface area contributed by atoms with E-state index >= 15 is 0 Å². The fourth-order valence-corrected chi connectivity index (χ4v) is 1.70. The quantitative estimate of drug-likeness (QED) is 0.624. The molecule has 2 rings (SSSR count). The largest absolute Gasteiger partial charge is 0.465 e. The molecule has 1 aliphatic carbocycles. The highest BCUT2D eigenvalue weighted by molar-refractivity contribution is 5.92. The minimum atomic E-state index is -0.354. The molecular formula is C11H10O3. The van der Waals surface area contributed by atoms with E-state index in [0.29, 0.717) is 18.4 Å². The number of methoxy groups -OCH3 is 1. The van der Waals surface area contributed by atoms with Gasteiger partial charge in [-0.25, -0.2) is 4.79 Å². The Morgan fingerprint density at radius 2 is 2.00 bits per heavy atom. The van der Waals surface area contributed by atoms with Crippen LogP contribution in [0.5, 0.6) is 0 Å². The monoisotopic (exact) mass is 190 g/mol. The van der Waals surface area contributed by atoms with Crippen molar-refractivity contribution in [1.82, 2.24) is 0 Å². The van der Waals surface area contributed by atoms with Crippen LogP contribution in [0.3, 0.4) is 0 Å². The van der Waals surface area contributed by atoms with Crippen molar-refractivity contribution >= 4 is 11.8 Å². The normalized spacial score (nSPS) is 13.9. The maximum Gasteiger partial charge on any atom is 0.337 e. The molecule has 0 saturated heterocycles. The summed E-state index contributed by atoms with van der Waals surface area (Å²) in [5.74, 6) is -0.144. The molecule has 0 aromatic heterocycles. The predicted octanol–water partition coefficient (Wildman–Crippen LogP) is 1.14. The van der Waals surface area contributed by atoms with Crippen molar-refractivity contribution in [3.05, 3.63) is 34.9 Å². The molecule has 0 N–H and O–H groups in total. The van der Waals surface area contributed by atoms with Gasteiger partial charge in [0.2, 0.25) is 0 Å². The molecule has 0 unspecified atom stereocenters. The van der Waals surface area contributed by atoms with Crippen LogP contribution in [0, 0.1) is 0 Å². The predicted molar refractivity (Wildman–Crippen MR) is 50.2 cm³/mol. The van der Waals surface area contributed by atoms with E-state index in [2.05, 4.69) is 4.74 Å². The van der Waals surface area contributed by atoms with Gasteiger partial charge in [-0.2, -0.15) is 0 Å². The Labute approximate surface area is 81.7 Å². The molecule has 0 fully saturated rings. The Morgan fingerprint density at radius 1 is 1.29 bits per heavy atom. The summed E-state index contributed by atoms with van der Waals surface area (Å²) < 4.78 is 4.60. The van der Waals surface area contributed by atoms with Crippen molar-refractivity contribution in [2.75, 3.05) is 7.11 Å². The molecule has 14 heavy (non-hydrogen) atoms. The van der Waals surface area contributed by atoms with Crippen molar-refractivity contribution in [1.29, 1.82) is 0 Å². The van der Waals surface area contributed by atoms with Gasteiger partial charge in [-0.3, -0.25) is 4.79 Å². The van der Waals surface area contributed by atoms with E-state index in [4.69, 9.17) is 0 Å². The van der Waals surface area contributed by atoms with Crippen molar-refractivity contribution in [2.24, 2.45) is 0 Å². The van der Waals surface area contributed by atoms with Gasteiger partial charge >= 0.3 is 5.97 Å². The Morgan fingerprint density at radius 3 is 2.71 bits per heavy atom. The SMILES string of the molecule is COC(=O)c1ccc2c(c1)CC(=O)C2. The highest BCUT2D eigenvalue weighted by Crippen LogP contribution is 2.20. The molecule has 0 radical (unpaired) electrons. The van der Waals surface area contributed by atoms with E-state index < -0.39 is 0 Å². The van der Waals surface area contributed by atoms with Crippen molar-refractivity contribution in [2.45, 2.75) is 12.8 Å². The maximum absolute atomic E-state index is 11.2. The topological polar surface area (TPSA) is 43.4 Å². The van der Waals surface area contributed by atoms with E-state index in [1.165, 1.54) is 7.11 Å². The summed E-state index contributed by atoms with van der Waals surface area (Å²) in [6, 6.07) is 5.27. The number of fused-ring (bicyclic) bond motifs is 1. The van der Waals surface area contributed by atoms with Gasteiger partial charge in [-0.15, -0.1) is 0 Å². The van der Waals surface area contributed by atoms with E-state index in [1.54, 1.807) is 12.1 Å². The van der Waals surface area contributed by atoms with Crippen molar-refractivity contribution in [3.63, 3.8) is 0 Å². The molecule has 3 heteroatoms. The first-order valence-corrected chi connectivity index (χ1v) is 4.42. The van der Waals surface area contributed by atoms with E-state index in [1.807, 2.05) is 6.07 Å². The Balaban J connectivity index is 2.37. The van der Waals surface area contributed by atoms with Gasteiger partial charge in [0.05, 0.1) is 12.7 Å². The van der Waals surface area contributed by atoms with Crippen LogP contribution >= 0.6 is 0 Å². The van der Waals surface area contributed by atoms with Gasteiger partial charge in [-0.1, -0.05) is 6.07 Å². The summed E-state index contributed by atoms with van der Waals surface area (Å²) >= 11 is 0. The second kappa shape index (κ2) is 3.25. The Kier molecular flexibility index (Phi) is 2.08. The number of hydrogen-bond acceptors (Lipinski definition) is 3. The Bertz CT molecular complexity index is 407. The van der Waals surface area contributed by atoms with Crippen LogP contribution in [-0.2, 0) is 22.4 Å². The van der Waals surface area contributed by atoms with Gasteiger partial charge in [0.1, 0.15) is 5.78 Å². The first-order chi connectivity index (χ1) is 6.70. The lowest BCUT2D eigenvalue weighted by Gasteiger charge is -2.01. The van der Waals surface area contributed by atoms with Crippen molar-refractivity contribution < 1.29 is 14.3 Å². The number of esters is 1. The van der Waals surface area contributed by atoms with Gasteiger partial charge < -0.3 is 4.74 Å². The second-order valence-corrected chi connectivity index (χ2v) is 3.37. The summed E-state index contributed by atoms with van der Waals surface area (Å²) in [6.45, 7) is 0. The lowest BCUT2D eigenvalue weighted by Crippen LogP contribution is -2.01. The number of ketones is 1. The Hall–Kier alpha value is -1.64. The molecular weight excluding hydrogens is 180 g/mol. The zero-order valence-corrected chi connectivity index (χ0v) is 7.87. The first kappa shape index (κ1) is 8.94. The van der Waals surface area contributed by atoms with Crippen LogP contribution in [-0.4, -0.2) is 18.9 Å². The third-order valence-electron chi connectivity index (χ3n) is 2.40. The highest BCUT2D eigenvalue weighted by atomic mass is 16.5. The standard InChI is InChI=1S/C11H10O3/c1-14-11(13)8-3-2-7-5-10(12)6-9(7)4-8/h2-4H,5-6H2,1H3. The molecule has 0 heterocycles. The minimum absolute atomic E-state index is 0.210. The molecule has 3 nitrogen and oxygen atoms in total. The van der Waals surface area contributed by atoms with Gasteiger partial charge in [0.25, 0.3) is 0 Å². The van der Waals surface area contributed by atoms with Gasteiger partial charge in [-0.05, 0) is 23.3 Å². The molecule has 1 aromatic carbocycles. The average Bonchev–Trinajstić information content (AvgIpc) is 2.55. The third kappa shape index (κ3) is 1.41. The fourth-order valence-electron chi connectivity index (χ4n) is 1.70. The highest BCUT2D eigenvalue weighted by Gasteiger charge is 2.19. The van der Waals surface area contributed by atoms with Crippen LogP contribution in [0.2, 0.25) is 0 Å². The van der Waals surface area contributed by atoms with Gasteiger partial charge in [0, 0.05) is 12.8 Å². The van der Waals surface area contributed by atoms with Crippen LogP contribution in [0.25, 0.3) is 0 Å². The number of carbonyl (C=O) groups excluding carboxylic acids is 2. The zero-order chi connectivity index (χ0) is 10.1. The van der Waals surface area contributed by atoms with E-state index in [-0.39, 0.29) is 11.8 Å². The summed E-state index contributed by atoms with van der Waals surface area (Å²) in [4.78, 5) is 22.3. The second-order valence-electron chi connectivity index (χ2n) is 3.37. The average molecular weight is 190 g/mol. The lowest BCUT2D eigenvalue weighted by atomic mass is 10.1. The third-order valence-corrected chi connectivity index (χ3v) is 2.40. The van der Waals surface area contributed by atoms with E-state index in [0.717, 1.165) is 11.1 Å². The number of benzene rings is 1. The molecule has 0 aliphatic heterocycles.